The fourth-order valence-electron chi connectivity index (χ4n) is 7.70. The van der Waals surface area contributed by atoms with E-state index in [1.165, 1.54) is 28.3 Å². The van der Waals surface area contributed by atoms with Crippen LogP contribution < -0.4 is 0 Å². The van der Waals surface area contributed by atoms with Crippen molar-refractivity contribution >= 4 is 16.8 Å². The summed E-state index contributed by atoms with van der Waals surface area (Å²) < 4.78 is 14.2. The Kier molecular flexibility index (Phi) is 7.26. The van der Waals surface area contributed by atoms with Gasteiger partial charge in [0.05, 0.1) is 5.54 Å². The van der Waals surface area contributed by atoms with Crippen molar-refractivity contribution in [2.24, 2.45) is 5.92 Å². The van der Waals surface area contributed by atoms with Gasteiger partial charge in [0.25, 0.3) is 0 Å². The van der Waals surface area contributed by atoms with Crippen LogP contribution in [0.1, 0.15) is 73.4 Å². The van der Waals surface area contributed by atoms with Crippen LogP contribution in [0.2, 0.25) is 0 Å². The van der Waals surface area contributed by atoms with E-state index in [4.69, 9.17) is 0 Å². The van der Waals surface area contributed by atoms with E-state index in [0.717, 1.165) is 49.7 Å². The number of halogens is 1. The van der Waals surface area contributed by atoms with Gasteiger partial charge in [-0.3, -0.25) is 4.79 Å². The highest BCUT2D eigenvalue weighted by molar-refractivity contribution is 5.87. The minimum Gasteiger partial charge on any atom is -0.356 e. The lowest BCUT2D eigenvalue weighted by Gasteiger charge is -2.52. The highest BCUT2D eigenvalue weighted by Crippen LogP contribution is 2.51. The van der Waals surface area contributed by atoms with Gasteiger partial charge in [0.2, 0.25) is 5.91 Å². The summed E-state index contributed by atoms with van der Waals surface area (Å²) in [6.07, 6.45) is 5.15. The van der Waals surface area contributed by atoms with Gasteiger partial charge < -0.3 is 14.8 Å². The SMILES string of the molecule is CC(CC(=O)N1CCc2c([nH]c3ccccc23)C12CCC(C(c1cccc(F)c1)N(C)C)CC2)c1ccccc1. The average molecular weight is 538 g/mol. The number of rotatable bonds is 6. The van der Waals surface area contributed by atoms with Crippen LogP contribution in [0.3, 0.4) is 0 Å². The lowest BCUT2D eigenvalue weighted by Crippen LogP contribution is -2.55. The summed E-state index contributed by atoms with van der Waals surface area (Å²) >= 11 is 0. The Hall–Kier alpha value is -3.44. The molecule has 1 aliphatic heterocycles. The summed E-state index contributed by atoms with van der Waals surface area (Å²) in [5.41, 5.74) is 5.68. The van der Waals surface area contributed by atoms with E-state index >= 15 is 0 Å². The molecular formula is C35H40FN3O. The molecule has 5 heteroatoms. The van der Waals surface area contributed by atoms with Crippen molar-refractivity contribution in [1.82, 2.24) is 14.8 Å². The fourth-order valence-corrected chi connectivity index (χ4v) is 7.70. The van der Waals surface area contributed by atoms with Crippen LogP contribution in [0.4, 0.5) is 4.39 Å². The predicted molar refractivity (Wildman–Crippen MR) is 160 cm³/mol. The number of hydrogen-bond acceptors (Lipinski definition) is 2. The monoisotopic (exact) mass is 537 g/mol. The number of nitrogens with one attached hydrogen (secondary N) is 1. The number of para-hydroxylation sites is 1. The first kappa shape index (κ1) is 26.8. The van der Waals surface area contributed by atoms with Crippen molar-refractivity contribution in [3.05, 3.63) is 107 Å². The van der Waals surface area contributed by atoms with Gasteiger partial charge in [-0.15, -0.1) is 0 Å². The van der Waals surface area contributed by atoms with Crippen LogP contribution in [-0.4, -0.2) is 41.3 Å². The number of aromatic nitrogens is 1. The molecule has 40 heavy (non-hydrogen) atoms. The molecule has 1 aromatic heterocycles. The van der Waals surface area contributed by atoms with E-state index < -0.39 is 0 Å². The van der Waals surface area contributed by atoms with Crippen molar-refractivity contribution in [1.29, 1.82) is 0 Å². The lowest BCUT2D eigenvalue weighted by molar-refractivity contribution is -0.142. The van der Waals surface area contributed by atoms with Crippen LogP contribution in [0.15, 0.2) is 78.9 Å². The Morgan fingerprint density at radius 3 is 2.42 bits per heavy atom. The average Bonchev–Trinajstić information content (AvgIpc) is 3.35. The molecule has 1 N–H and O–H groups in total. The second-order valence-electron chi connectivity index (χ2n) is 12.2. The molecule has 1 saturated carbocycles. The van der Waals surface area contributed by atoms with Gasteiger partial charge in [0.15, 0.2) is 0 Å². The van der Waals surface area contributed by atoms with Crippen LogP contribution in [-0.2, 0) is 16.8 Å². The van der Waals surface area contributed by atoms with Crippen molar-refractivity contribution in [2.75, 3.05) is 20.6 Å². The summed E-state index contributed by atoms with van der Waals surface area (Å²) in [5.74, 6) is 0.610. The van der Waals surface area contributed by atoms with Crippen molar-refractivity contribution in [3.63, 3.8) is 0 Å². The van der Waals surface area contributed by atoms with Crippen LogP contribution in [0.5, 0.6) is 0 Å². The summed E-state index contributed by atoms with van der Waals surface area (Å²) in [6, 6.07) is 26.2. The molecule has 2 aliphatic rings. The topological polar surface area (TPSA) is 39.3 Å². The zero-order valence-electron chi connectivity index (χ0n) is 23.9. The number of benzene rings is 3. The molecule has 1 spiro atoms. The molecule has 0 saturated heterocycles. The first-order chi connectivity index (χ1) is 19.4. The zero-order chi connectivity index (χ0) is 27.9. The maximum Gasteiger partial charge on any atom is 0.223 e. The van der Waals surface area contributed by atoms with E-state index in [2.05, 4.69) is 90.4 Å². The molecule has 1 aliphatic carbocycles. The Morgan fingerprint density at radius 1 is 1.00 bits per heavy atom. The number of carbonyl (C=O) groups excluding carboxylic acids is 1. The molecule has 208 valence electrons. The Bertz CT molecular complexity index is 1490. The molecule has 2 atom stereocenters. The molecule has 4 aromatic rings. The molecule has 6 rings (SSSR count). The third-order valence-corrected chi connectivity index (χ3v) is 9.58. The number of carbonyl (C=O) groups is 1. The number of hydrogen-bond donors (Lipinski definition) is 1. The molecule has 0 bridgehead atoms. The number of fused-ring (bicyclic) bond motifs is 4. The van der Waals surface area contributed by atoms with E-state index in [0.29, 0.717) is 12.3 Å². The fraction of sp³-hybridized carbons (Fsp3) is 0.400. The Labute approximate surface area is 237 Å². The smallest absolute Gasteiger partial charge is 0.223 e. The molecular weight excluding hydrogens is 497 g/mol. The van der Waals surface area contributed by atoms with Gasteiger partial charge in [-0.05, 0) is 92.9 Å². The van der Waals surface area contributed by atoms with Gasteiger partial charge in [-0.25, -0.2) is 4.39 Å². The first-order valence-electron chi connectivity index (χ1n) is 14.7. The summed E-state index contributed by atoms with van der Waals surface area (Å²) in [7, 11) is 4.19. The molecule has 0 radical (unpaired) electrons. The molecule has 3 aromatic carbocycles. The van der Waals surface area contributed by atoms with Crippen molar-refractivity contribution in [2.45, 2.75) is 62.9 Å². The number of nitrogens with zero attached hydrogens (tertiary/aromatic N) is 2. The molecule has 1 amide bonds. The minimum absolute atomic E-state index is 0.140. The Balaban J connectivity index is 1.33. The summed E-state index contributed by atoms with van der Waals surface area (Å²) in [5, 5.41) is 1.29. The zero-order valence-corrected chi connectivity index (χ0v) is 23.9. The number of H-pyrrole nitrogens is 1. The highest BCUT2D eigenvalue weighted by Gasteiger charge is 2.49. The van der Waals surface area contributed by atoms with Gasteiger partial charge in [-0.1, -0.05) is 67.6 Å². The van der Waals surface area contributed by atoms with Crippen LogP contribution in [0.25, 0.3) is 10.9 Å². The maximum absolute atomic E-state index is 14.2. The summed E-state index contributed by atoms with van der Waals surface area (Å²) in [4.78, 5) is 22.4. The van der Waals surface area contributed by atoms with E-state index in [1.54, 1.807) is 6.07 Å². The second kappa shape index (κ2) is 10.9. The van der Waals surface area contributed by atoms with Gasteiger partial charge in [0.1, 0.15) is 5.82 Å². The van der Waals surface area contributed by atoms with E-state index in [1.807, 2.05) is 12.1 Å². The highest BCUT2D eigenvalue weighted by atomic mass is 19.1. The molecule has 2 unspecified atom stereocenters. The number of aromatic amines is 1. The van der Waals surface area contributed by atoms with E-state index in [9.17, 15) is 9.18 Å². The van der Waals surface area contributed by atoms with Crippen molar-refractivity contribution < 1.29 is 9.18 Å². The quantitative estimate of drug-likeness (QED) is 0.275. The largest absolute Gasteiger partial charge is 0.356 e. The first-order valence-corrected chi connectivity index (χ1v) is 14.7. The molecule has 2 heterocycles. The third-order valence-electron chi connectivity index (χ3n) is 9.58. The molecule has 4 nitrogen and oxygen atoms in total. The second-order valence-corrected chi connectivity index (χ2v) is 12.2. The third kappa shape index (κ3) is 4.75. The molecule has 1 fully saturated rings. The maximum atomic E-state index is 14.2. The number of amides is 1. The predicted octanol–water partition coefficient (Wildman–Crippen LogP) is 7.57. The lowest BCUT2D eigenvalue weighted by atomic mass is 9.68. The Morgan fingerprint density at radius 2 is 1.70 bits per heavy atom. The summed E-state index contributed by atoms with van der Waals surface area (Å²) in [6.45, 7) is 2.91. The van der Waals surface area contributed by atoms with E-state index in [-0.39, 0.29) is 29.2 Å². The van der Waals surface area contributed by atoms with Crippen LogP contribution >= 0.6 is 0 Å². The standard InChI is InChI=1S/C35H40FN3O/c1-24(25-10-5-4-6-11-25)22-32(40)39-21-18-30-29-14-7-8-15-31(29)37-34(30)35(39)19-16-26(17-20-35)33(38(2)3)27-12-9-13-28(36)23-27/h4-15,23-24,26,33,37H,16-22H2,1-3H3. The van der Waals surface area contributed by atoms with Crippen LogP contribution in [0, 0.1) is 11.7 Å². The minimum atomic E-state index is -0.338. The van der Waals surface area contributed by atoms with Crippen molar-refractivity contribution in [3.8, 4) is 0 Å². The van der Waals surface area contributed by atoms with Gasteiger partial charge in [-0.2, -0.15) is 0 Å². The normalized spacial score (nSPS) is 22.4. The van der Waals surface area contributed by atoms with Gasteiger partial charge >= 0.3 is 0 Å². The van der Waals surface area contributed by atoms with Gasteiger partial charge in [0, 0.05) is 35.6 Å².